The molecule has 0 aliphatic heterocycles. The summed E-state index contributed by atoms with van der Waals surface area (Å²) in [5.74, 6) is -4.59. The molecule has 15 heavy (non-hydrogen) atoms. The van der Waals surface area contributed by atoms with Gasteiger partial charge < -0.3 is 10.2 Å². The van der Waals surface area contributed by atoms with Gasteiger partial charge in [-0.3, -0.25) is 4.79 Å². The zero-order valence-corrected chi connectivity index (χ0v) is 9.68. The fourth-order valence-electron chi connectivity index (χ4n) is 0.783. The van der Waals surface area contributed by atoms with Gasteiger partial charge in [-0.15, -0.1) is 0 Å². The van der Waals surface area contributed by atoms with Crippen LogP contribution in [0.15, 0.2) is 0 Å². The van der Waals surface area contributed by atoms with Crippen molar-refractivity contribution in [1.82, 2.24) is 0 Å². The topological polar surface area (TPSA) is 57.5 Å². The van der Waals surface area contributed by atoms with E-state index in [1.807, 2.05) is 0 Å². The number of aliphatic carboxylic acids is 1. The van der Waals surface area contributed by atoms with Crippen molar-refractivity contribution in [3.05, 3.63) is 0 Å². The van der Waals surface area contributed by atoms with Crippen molar-refractivity contribution < 1.29 is 23.8 Å². The molecule has 0 bridgehead atoms. The Bertz CT molecular complexity index is 191. The van der Waals surface area contributed by atoms with Crippen LogP contribution in [0.25, 0.3) is 0 Å². The van der Waals surface area contributed by atoms with Crippen molar-refractivity contribution in [3.8, 4) is 0 Å². The van der Waals surface area contributed by atoms with E-state index in [2.05, 4.69) is 0 Å². The second-order valence-electron chi connectivity index (χ2n) is 3.70. The first-order chi connectivity index (χ1) is 6.67. The van der Waals surface area contributed by atoms with Crippen LogP contribution < -0.4 is 0 Å². The van der Waals surface area contributed by atoms with E-state index in [1.54, 1.807) is 13.8 Å². The highest BCUT2D eigenvalue weighted by Gasteiger charge is 2.51. The molecule has 0 radical (unpaired) electrons. The molecule has 0 rings (SSSR count). The predicted octanol–water partition coefficient (Wildman–Crippen LogP) is 2.53. The summed E-state index contributed by atoms with van der Waals surface area (Å²) in [7, 11) is 0. The van der Waals surface area contributed by atoms with Crippen LogP contribution in [0.5, 0.6) is 0 Å². The highest BCUT2D eigenvalue weighted by atomic mass is 19.3. The monoisotopic (exact) mass is 226 g/mol. The molecule has 92 valence electrons. The lowest BCUT2D eigenvalue weighted by Gasteiger charge is -2.29. The van der Waals surface area contributed by atoms with Crippen molar-refractivity contribution in [3.63, 3.8) is 0 Å². The zero-order valence-electron chi connectivity index (χ0n) is 9.68. The van der Waals surface area contributed by atoms with Gasteiger partial charge in [-0.2, -0.15) is 0 Å². The molecular formula is C10H20F2O3. The summed E-state index contributed by atoms with van der Waals surface area (Å²) in [6, 6.07) is 0. The van der Waals surface area contributed by atoms with Crippen LogP contribution in [-0.4, -0.2) is 28.7 Å². The Kier molecular flexibility index (Phi) is 7.48. The molecule has 0 saturated carbocycles. The first kappa shape index (κ1) is 16.7. The van der Waals surface area contributed by atoms with E-state index in [-0.39, 0.29) is 19.4 Å². The number of aliphatic hydroxyl groups is 1. The lowest BCUT2D eigenvalue weighted by atomic mass is 9.83. The maximum absolute atomic E-state index is 13.1. The zero-order chi connectivity index (χ0) is 12.7. The number of hydrogen-bond donors (Lipinski definition) is 2. The van der Waals surface area contributed by atoms with Gasteiger partial charge in [0.15, 0.2) is 0 Å². The fourth-order valence-corrected chi connectivity index (χ4v) is 0.783. The van der Waals surface area contributed by atoms with Crippen LogP contribution in [0.2, 0.25) is 0 Å². The largest absolute Gasteiger partial charge is 0.481 e. The third-order valence-corrected chi connectivity index (χ3v) is 2.01. The van der Waals surface area contributed by atoms with Crippen LogP contribution in [0.4, 0.5) is 8.78 Å². The molecule has 2 N–H and O–H groups in total. The van der Waals surface area contributed by atoms with Crippen molar-refractivity contribution in [2.24, 2.45) is 5.41 Å². The first-order valence-corrected chi connectivity index (χ1v) is 4.89. The quantitative estimate of drug-likeness (QED) is 0.774. The Hall–Kier alpha value is -0.710. The van der Waals surface area contributed by atoms with E-state index < -0.39 is 17.3 Å². The van der Waals surface area contributed by atoms with Gasteiger partial charge in [-0.25, -0.2) is 8.78 Å². The Balaban J connectivity index is 0. The number of carboxylic acid groups (broad SMARTS) is 1. The van der Waals surface area contributed by atoms with Crippen LogP contribution >= 0.6 is 0 Å². The van der Waals surface area contributed by atoms with Gasteiger partial charge in [-0.05, 0) is 20.8 Å². The van der Waals surface area contributed by atoms with Gasteiger partial charge in [0.05, 0.1) is 0 Å². The number of carboxylic acids is 1. The Morgan fingerprint density at radius 3 is 1.80 bits per heavy atom. The lowest BCUT2D eigenvalue weighted by Crippen LogP contribution is -2.42. The Morgan fingerprint density at radius 1 is 1.27 bits per heavy atom. The molecule has 0 unspecified atom stereocenters. The number of rotatable bonds is 4. The number of aliphatic hydroxyl groups excluding tert-OH is 1. The molecule has 0 aromatic heterocycles. The first-order valence-electron chi connectivity index (χ1n) is 4.89. The van der Waals surface area contributed by atoms with E-state index in [1.165, 1.54) is 0 Å². The number of hydrogen-bond acceptors (Lipinski definition) is 2. The highest BCUT2D eigenvalue weighted by molar-refractivity contribution is 5.74. The van der Waals surface area contributed by atoms with E-state index in [9.17, 15) is 13.6 Å². The molecule has 0 amide bonds. The minimum Gasteiger partial charge on any atom is -0.481 e. The molecule has 0 fully saturated rings. The van der Waals surface area contributed by atoms with Gasteiger partial charge in [0.2, 0.25) is 0 Å². The summed E-state index contributed by atoms with van der Waals surface area (Å²) in [6.07, 6.45) is -0.101. The van der Waals surface area contributed by atoms with Crippen LogP contribution in [0.3, 0.4) is 0 Å². The van der Waals surface area contributed by atoms with Gasteiger partial charge in [0, 0.05) is 13.0 Å². The molecule has 0 aromatic carbocycles. The number of carbonyl (C=O) groups is 1. The van der Waals surface area contributed by atoms with Gasteiger partial charge in [0.25, 0.3) is 5.92 Å². The van der Waals surface area contributed by atoms with Crippen LogP contribution in [0.1, 0.15) is 40.5 Å². The maximum atomic E-state index is 13.1. The lowest BCUT2D eigenvalue weighted by molar-refractivity contribution is -0.174. The average molecular weight is 226 g/mol. The summed E-state index contributed by atoms with van der Waals surface area (Å²) in [4.78, 5) is 10.5. The van der Waals surface area contributed by atoms with Gasteiger partial charge >= 0.3 is 5.97 Å². The molecular weight excluding hydrogens is 206 g/mol. The summed E-state index contributed by atoms with van der Waals surface area (Å²) in [5.41, 5.74) is -1.97. The van der Waals surface area contributed by atoms with Crippen molar-refractivity contribution in [1.29, 1.82) is 0 Å². The van der Waals surface area contributed by atoms with Crippen LogP contribution in [-0.2, 0) is 4.79 Å². The minimum atomic E-state index is -3.13. The molecule has 0 aliphatic carbocycles. The molecule has 0 aliphatic rings. The third kappa shape index (κ3) is 5.06. The second kappa shape index (κ2) is 6.71. The third-order valence-electron chi connectivity index (χ3n) is 2.01. The van der Waals surface area contributed by atoms with Crippen LogP contribution in [0, 0.1) is 5.41 Å². The molecule has 0 atom stereocenters. The summed E-state index contributed by atoms with van der Waals surface area (Å²) in [6.45, 7) is 5.63. The Morgan fingerprint density at radius 2 is 1.60 bits per heavy atom. The van der Waals surface area contributed by atoms with E-state index in [0.29, 0.717) is 0 Å². The summed E-state index contributed by atoms with van der Waals surface area (Å²) in [5, 5.41) is 16.1. The van der Waals surface area contributed by atoms with E-state index in [4.69, 9.17) is 10.2 Å². The predicted molar refractivity (Wildman–Crippen MR) is 54.0 cm³/mol. The van der Waals surface area contributed by atoms with Crippen molar-refractivity contribution >= 4 is 5.97 Å². The minimum absolute atomic E-state index is 0.250. The van der Waals surface area contributed by atoms with Gasteiger partial charge in [-0.1, -0.05) is 13.3 Å². The molecule has 0 spiro atoms. The normalized spacial score (nSPS) is 11.7. The number of halogens is 2. The SMILES string of the molecule is CCCC(F)(F)C(C)(C)C(=O)O.CCO. The molecule has 3 nitrogen and oxygen atoms in total. The van der Waals surface area contributed by atoms with Crippen molar-refractivity contribution in [2.75, 3.05) is 6.61 Å². The summed E-state index contributed by atoms with van der Waals surface area (Å²) < 4.78 is 26.1. The maximum Gasteiger partial charge on any atom is 0.315 e. The highest BCUT2D eigenvalue weighted by Crippen LogP contribution is 2.39. The van der Waals surface area contributed by atoms with E-state index >= 15 is 0 Å². The standard InChI is InChI=1S/C8H14F2O2.C2H6O/c1-4-5-8(9,10)7(2,3)6(11)12;1-2-3/h4-5H2,1-3H3,(H,11,12);3H,2H2,1H3. The smallest absolute Gasteiger partial charge is 0.315 e. The molecule has 0 saturated heterocycles. The van der Waals surface area contributed by atoms with Gasteiger partial charge in [0.1, 0.15) is 5.41 Å². The molecule has 5 heteroatoms. The summed E-state index contributed by atoms with van der Waals surface area (Å²) >= 11 is 0. The van der Waals surface area contributed by atoms with Crippen molar-refractivity contribution in [2.45, 2.75) is 46.5 Å². The number of alkyl halides is 2. The average Bonchev–Trinajstić information content (AvgIpc) is 2.04. The Labute approximate surface area is 89.1 Å². The fraction of sp³-hybridized carbons (Fsp3) is 0.900. The van der Waals surface area contributed by atoms with E-state index in [0.717, 1.165) is 13.8 Å². The molecule has 0 heterocycles. The second-order valence-corrected chi connectivity index (χ2v) is 3.70. The molecule has 0 aromatic rings.